The normalized spacial score (nSPS) is 20.0. The number of aryl methyl sites for hydroxylation is 2. The minimum absolute atomic E-state index is 0.0496. The number of benzene rings is 1. The number of amides is 2. The van der Waals surface area contributed by atoms with E-state index in [1.54, 1.807) is 11.0 Å². The van der Waals surface area contributed by atoms with Crippen molar-refractivity contribution >= 4 is 17.5 Å². The van der Waals surface area contributed by atoms with Gasteiger partial charge in [-0.3, -0.25) is 9.59 Å². The molecule has 0 N–H and O–H groups in total. The molecule has 136 valence electrons. The zero-order valence-electron chi connectivity index (χ0n) is 15.1. The molecule has 2 aromatic rings. The van der Waals surface area contributed by atoms with Gasteiger partial charge in [-0.25, -0.2) is 0 Å². The Bertz CT molecular complexity index is 813. The van der Waals surface area contributed by atoms with Crippen molar-refractivity contribution in [3.63, 3.8) is 0 Å². The molecule has 0 unspecified atom stereocenters. The van der Waals surface area contributed by atoms with Gasteiger partial charge in [-0.2, -0.15) is 0 Å². The molecule has 2 aliphatic rings. The van der Waals surface area contributed by atoms with Crippen LogP contribution in [0.1, 0.15) is 40.7 Å². The van der Waals surface area contributed by atoms with Gasteiger partial charge in [0.1, 0.15) is 6.26 Å². The van der Waals surface area contributed by atoms with Crippen LogP contribution in [0, 0.1) is 12.8 Å². The molecule has 2 amide bonds. The topological polar surface area (TPSA) is 53.8 Å². The number of hydrogen-bond acceptors (Lipinski definition) is 3. The fourth-order valence-corrected chi connectivity index (χ4v) is 4.22. The van der Waals surface area contributed by atoms with Crippen LogP contribution >= 0.6 is 0 Å². The van der Waals surface area contributed by atoms with Crippen LogP contribution < -0.4 is 4.90 Å². The van der Waals surface area contributed by atoms with Gasteiger partial charge in [0, 0.05) is 25.3 Å². The fraction of sp³-hybridized carbons (Fsp3) is 0.429. The highest BCUT2D eigenvalue weighted by atomic mass is 16.3. The second kappa shape index (κ2) is 6.98. The molecule has 1 aromatic heterocycles. The summed E-state index contributed by atoms with van der Waals surface area (Å²) in [5.74, 6) is -0.0263. The number of likely N-dealkylation sites (tertiary alicyclic amines) is 1. The molecule has 5 heteroatoms. The Kier molecular flexibility index (Phi) is 4.53. The lowest BCUT2D eigenvalue weighted by atomic mass is 9.92. The van der Waals surface area contributed by atoms with Crippen molar-refractivity contribution in [1.82, 2.24) is 4.90 Å². The van der Waals surface area contributed by atoms with Gasteiger partial charge in [-0.05, 0) is 49.8 Å². The highest BCUT2D eigenvalue weighted by Gasteiger charge is 2.34. The third kappa shape index (κ3) is 3.02. The predicted octanol–water partition coefficient (Wildman–Crippen LogP) is 3.42. The monoisotopic (exact) mass is 352 g/mol. The summed E-state index contributed by atoms with van der Waals surface area (Å²) in [6, 6.07) is 7.93. The summed E-state index contributed by atoms with van der Waals surface area (Å²) < 4.78 is 5.03. The van der Waals surface area contributed by atoms with E-state index in [9.17, 15) is 9.59 Å². The van der Waals surface area contributed by atoms with Gasteiger partial charge in [0.15, 0.2) is 0 Å². The largest absolute Gasteiger partial charge is 0.472 e. The van der Waals surface area contributed by atoms with E-state index in [4.69, 9.17) is 4.42 Å². The van der Waals surface area contributed by atoms with E-state index < -0.39 is 0 Å². The first-order valence-electron chi connectivity index (χ1n) is 9.36. The third-order valence-corrected chi connectivity index (χ3v) is 5.51. The van der Waals surface area contributed by atoms with Gasteiger partial charge in [0.2, 0.25) is 5.91 Å². The van der Waals surface area contributed by atoms with Crippen molar-refractivity contribution < 1.29 is 14.0 Å². The first-order valence-corrected chi connectivity index (χ1v) is 9.36. The second-order valence-electron chi connectivity index (χ2n) is 7.28. The van der Waals surface area contributed by atoms with E-state index in [0.29, 0.717) is 18.7 Å². The summed E-state index contributed by atoms with van der Waals surface area (Å²) in [5.41, 5.74) is 4.05. The van der Waals surface area contributed by atoms with E-state index in [2.05, 4.69) is 25.1 Å². The van der Waals surface area contributed by atoms with Crippen molar-refractivity contribution in [3.8, 4) is 0 Å². The number of para-hydroxylation sites is 1. The number of carbonyl (C=O) groups excluding carboxylic acids is 2. The fourth-order valence-electron chi connectivity index (χ4n) is 4.22. The van der Waals surface area contributed by atoms with E-state index in [1.165, 1.54) is 18.1 Å². The molecule has 0 spiro atoms. The molecule has 0 radical (unpaired) electrons. The van der Waals surface area contributed by atoms with Crippen molar-refractivity contribution in [2.24, 2.45) is 5.92 Å². The van der Waals surface area contributed by atoms with Gasteiger partial charge in [-0.1, -0.05) is 18.2 Å². The summed E-state index contributed by atoms with van der Waals surface area (Å²) in [5, 5.41) is 0. The quantitative estimate of drug-likeness (QED) is 0.832. The molecular weight excluding hydrogens is 328 g/mol. The molecule has 4 rings (SSSR count). The Morgan fingerprint density at radius 2 is 2.04 bits per heavy atom. The van der Waals surface area contributed by atoms with Gasteiger partial charge < -0.3 is 14.2 Å². The first kappa shape index (κ1) is 16.9. The van der Waals surface area contributed by atoms with Crippen LogP contribution in [0.4, 0.5) is 5.69 Å². The SMILES string of the molecule is Cc1cccc2c1N(C(=O)[C@@H]1CCCN(C(=O)c3ccoc3)C1)CCC2. The molecular formula is C21H24N2O3. The minimum atomic E-state index is -0.134. The third-order valence-electron chi connectivity index (χ3n) is 5.51. The number of carbonyl (C=O) groups is 2. The smallest absolute Gasteiger partial charge is 0.257 e. The first-order chi connectivity index (χ1) is 12.6. The van der Waals surface area contributed by atoms with E-state index in [0.717, 1.165) is 43.5 Å². The van der Waals surface area contributed by atoms with Crippen LogP contribution in [-0.4, -0.2) is 36.3 Å². The van der Waals surface area contributed by atoms with Crippen molar-refractivity contribution in [1.29, 1.82) is 0 Å². The molecule has 26 heavy (non-hydrogen) atoms. The van der Waals surface area contributed by atoms with Gasteiger partial charge >= 0.3 is 0 Å². The number of anilines is 1. The number of fused-ring (bicyclic) bond motifs is 1. The highest BCUT2D eigenvalue weighted by Crippen LogP contribution is 2.33. The molecule has 0 aliphatic carbocycles. The predicted molar refractivity (Wildman–Crippen MR) is 99.2 cm³/mol. The number of nitrogens with zero attached hydrogens (tertiary/aromatic N) is 2. The molecule has 1 saturated heterocycles. The van der Waals surface area contributed by atoms with E-state index in [1.807, 2.05) is 4.90 Å². The summed E-state index contributed by atoms with van der Waals surface area (Å²) in [6.45, 7) is 4.02. The van der Waals surface area contributed by atoms with E-state index >= 15 is 0 Å². The lowest BCUT2D eigenvalue weighted by Crippen LogP contribution is -2.48. The molecule has 2 aliphatic heterocycles. The van der Waals surface area contributed by atoms with Crippen LogP contribution in [0.15, 0.2) is 41.2 Å². The summed E-state index contributed by atoms with van der Waals surface area (Å²) in [7, 11) is 0. The van der Waals surface area contributed by atoms with E-state index in [-0.39, 0.29) is 17.7 Å². The van der Waals surface area contributed by atoms with Gasteiger partial charge in [0.25, 0.3) is 5.91 Å². The maximum Gasteiger partial charge on any atom is 0.257 e. The number of piperidine rings is 1. The van der Waals surface area contributed by atoms with Gasteiger partial charge in [0.05, 0.1) is 17.7 Å². The molecule has 1 fully saturated rings. The Morgan fingerprint density at radius 1 is 1.15 bits per heavy atom. The minimum Gasteiger partial charge on any atom is -0.472 e. The van der Waals surface area contributed by atoms with Crippen molar-refractivity contribution in [2.75, 3.05) is 24.5 Å². The summed E-state index contributed by atoms with van der Waals surface area (Å²) >= 11 is 0. The molecule has 1 aromatic carbocycles. The van der Waals surface area contributed by atoms with Gasteiger partial charge in [-0.15, -0.1) is 0 Å². The molecule has 0 bridgehead atoms. The average molecular weight is 352 g/mol. The molecule has 0 saturated carbocycles. The maximum atomic E-state index is 13.3. The van der Waals surface area contributed by atoms with Crippen LogP contribution in [0.25, 0.3) is 0 Å². The maximum absolute atomic E-state index is 13.3. The van der Waals surface area contributed by atoms with Crippen LogP contribution in [0.2, 0.25) is 0 Å². The number of hydrogen-bond donors (Lipinski definition) is 0. The second-order valence-corrected chi connectivity index (χ2v) is 7.28. The number of furan rings is 1. The molecule has 5 nitrogen and oxygen atoms in total. The Labute approximate surface area is 153 Å². The van der Waals surface area contributed by atoms with Crippen LogP contribution in [0.3, 0.4) is 0 Å². The average Bonchev–Trinajstić information content (AvgIpc) is 3.21. The zero-order chi connectivity index (χ0) is 18.1. The highest BCUT2D eigenvalue weighted by molar-refractivity contribution is 5.98. The lowest BCUT2D eigenvalue weighted by molar-refractivity contribution is -0.123. The number of rotatable bonds is 2. The van der Waals surface area contributed by atoms with Crippen LogP contribution in [-0.2, 0) is 11.2 Å². The van der Waals surface area contributed by atoms with Crippen LogP contribution in [0.5, 0.6) is 0 Å². The Balaban J connectivity index is 1.53. The van der Waals surface area contributed by atoms with Crippen molar-refractivity contribution in [3.05, 3.63) is 53.5 Å². The lowest BCUT2D eigenvalue weighted by Gasteiger charge is -2.37. The molecule has 1 atom stereocenters. The zero-order valence-corrected chi connectivity index (χ0v) is 15.1. The summed E-state index contributed by atoms with van der Waals surface area (Å²) in [4.78, 5) is 29.6. The Hall–Kier alpha value is -2.56. The Morgan fingerprint density at radius 3 is 2.85 bits per heavy atom. The standard InChI is InChI=1S/C21H24N2O3/c1-15-5-2-6-16-7-4-11-23(19(15)16)21(25)17-8-3-10-22(13-17)20(24)18-9-12-26-14-18/h2,5-6,9,12,14,17H,3-4,7-8,10-11,13H2,1H3/t17-/m1/s1. The molecule has 3 heterocycles. The van der Waals surface area contributed by atoms with Crippen molar-refractivity contribution in [2.45, 2.75) is 32.6 Å². The summed E-state index contributed by atoms with van der Waals surface area (Å²) in [6.07, 6.45) is 6.69.